The summed E-state index contributed by atoms with van der Waals surface area (Å²) >= 11 is 1.71. The fourth-order valence-electron chi connectivity index (χ4n) is 6.64. The molecule has 3 fully saturated rings. The van der Waals surface area contributed by atoms with Crippen molar-refractivity contribution in [3.63, 3.8) is 0 Å². The predicted octanol–water partition coefficient (Wildman–Crippen LogP) is 5.59. The standard InChI is InChI=1S/C26H45NO3S/c1-19-16-26-12-9-10-20(24(26)21(28)11-13-26)22(17-25(19,2)3)30-23(29)18-31-15-8-6-7-14-27(4)5/h19-20,22,24H,6-18H2,1-5H3/t19-,20?,22+,24?,26?/m0/s1. The molecule has 0 aromatic heterocycles. The minimum Gasteiger partial charge on any atom is -0.461 e. The Morgan fingerprint density at radius 1 is 1.16 bits per heavy atom. The Morgan fingerprint density at radius 3 is 2.68 bits per heavy atom. The van der Waals surface area contributed by atoms with Gasteiger partial charge in [0.2, 0.25) is 0 Å². The van der Waals surface area contributed by atoms with Gasteiger partial charge in [-0.05, 0) is 88.1 Å². The monoisotopic (exact) mass is 451 g/mol. The minimum absolute atomic E-state index is 0.0751. The Morgan fingerprint density at radius 2 is 1.94 bits per heavy atom. The Kier molecular flexibility index (Phi) is 8.57. The van der Waals surface area contributed by atoms with Crippen molar-refractivity contribution in [3.8, 4) is 0 Å². The van der Waals surface area contributed by atoms with Gasteiger partial charge in [0.25, 0.3) is 0 Å². The lowest BCUT2D eigenvalue weighted by atomic mass is 9.53. The lowest BCUT2D eigenvalue weighted by Gasteiger charge is -2.52. The number of hydrogen-bond acceptors (Lipinski definition) is 5. The summed E-state index contributed by atoms with van der Waals surface area (Å²) in [5, 5.41) is 0. The van der Waals surface area contributed by atoms with Gasteiger partial charge < -0.3 is 9.64 Å². The predicted molar refractivity (Wildman–Crippen MR) is 129 cm³/mol. The second-order valence-electron chi connectivity index (χ2n) is 11.6. The third-order valence-corrected chi connectivity index (χ3v) is 9.68. The molecule has 5 atom stereocenters. The molecule has 5 heteroatoms. The largest absolute Gasteiger partial charge is 0.461 e. The third kappa shape index (κ3) is 6.07. The van der Waals surface area contributed by atoms with Crippen LogP contribution in [0, 0.1) is 28.6 Å². The number of carbonyl (C=O) groups is 2. The first kappa shape index (κ1) is 25.1. The zero-order valence-corrected chi connectivity index (χ0v) is 21.4. The van der Waals surface area contributed by atoms with Gasteiger partial charge in [-0.15, -0.1) is 0 Å². The van der Waals surface area contributed by atoms with Gasteiger partial charge in [0, 0.05) is 18.3 Å². The van der Waals surface area contributed by atoms with Crippen molar-refractivity contribution in [3.05, 3.63) is 0 Å². The van der Waals surface area contributed by atoms with E-state index in [4.69, 9.17) is 4.74 Å². The first-order valence-electron chi connectivity index (χ1n) is 12.6. The molecule has 0 heterocycles. The third-order valence-electron chi connectivity index (χ3n) is 8.66. The number of Topliss-reactive ketones (excluding diaryl/α,β-unsaturated/α-hetero) is 1. The number of nitrogens with zero attached hydrogens (tertiary/aromatic N) is 1. The fraction of sp³-hybridized carbons (Fsp3) is 0.923. The van der Waals surface area contributed by atoms with Crippen LogP contribution in [-0.4, -0.2) is 54.9 Å². The normalized spacial score (nSPS) is 34.8. The number of carbonyl (C=O) groups excluding carboxylic acids is 2. The highest BCUT2D eigenvalue weighted by molar-refractivity contribution is 7.99. The first-order chi connectivity index (χ1) is 14.6. The van der Waals surface area contributed by atoms with E-state index in [-0.39, 0.29) is 34.7 Å². The van der Waals surface area contributed by atoms with Crippen LogP contribution in [0.25, 0.3) is 0 Å². The van der Waals surface area contributed by atoms with E-state index in [1.807, 2.05) is 0 Å². The molecular weight excluding hydrogens is 406 g/mol. The van der Waals surface area contributed by atoms with Gasteiger partial charge in [0.05, 0.1) is 5.75 Å². The Hall–Kier alpha value is -0.550. The summed E-state index contributed by atoms with van der Waals surface area (Å²) in [5.74, 6) is 2.73. The van der Waals surface area contributed by atoms with Gasteiger partial charge in [-0.3, -0.25) is 9.59 Å². The van der Waals surface area contributed by atoms with Crippen LogP contribution in [0.3, 0.4) is 0 Å². The highest BCUT2D eigenvalue weighted by atomic mass is 32.2. The molecule has 2 bridgehead atoms. The molecule has 0 aromatic rings. The number of hydrogen-bond donors (Lipinski definition) is 0. The summed E-state index contributed by atoms with van der Waals surface area (Å²) in [5.41, 5.74) is 0.298. The molecule has 4 nitrogen and oxygen atoms in total. The number of thioether (sulfide) groups is 1. The van der Waals surface area contributed by atoms with E-state index >= 15 is 0 Å². The van der Waals surface area contributed by atoms with Crippen LogP contribution >= 0.6 is 11.8 Å². The molecule has 0 amide bonds. The summed E-state index contributed by atoms with van der Waals surface area (Å²) in [6, 6.07) is 0. The smallest absolute Gasteiger partial charge is 0.316 e. The molecule has 3 aliphatic rings. The van der Waals surface area contributed by atoms with Crippen LogP contribution < -0.4 is 0 Å². The van der Waals surface area contributed by atoms with Crippen molar-refractivity contribution in [2.45, 2.75) is 91.1 Å². The van der Waals surface area contributed by atoms with Crippen LogP contribution in [0.1, 0.15) is 85.0 Å². The van der Waals surface area contributed by atoms with E-state index in [1.165, 1.54) is 25.7 Å². The summed E-state index contributed by atoms with van der Waals surface area (Å²) in [4.78, 5) is 28.0. The molecule has 3 aliphatic carbocycles. The second-order valence-corrected chi connectivity index (χ2v) is 12.7. The summed E-state index contributed by atoms with van der Waals surface area (Å²) in [6.07, 6.45) is 10.7. The molecule has 0 radical (unpaired) electrons. The fourth-order valence-corrected chi connectivity index (χ4v) is 7.43. The lowest BCUT2D eigenvalue weighted by molar-refractivity contribution is -0.162. The molecule has 31 heavy (non-hydrogen) atoms. The van der Waals surface area contributed by atoms with Crippen molar-refractivity contribution in [2.75, 3.05) is 32.1 Å². The van der Waals surface area contributed by atoms with Gasteiger partial charge in [-0.25, -0.2) is 0 Å². The molecule has 3 unspecified atom stereocenters. The van der Waals surface area contributed by atoms with Crippen LogP contribution in [0.5, 0.6) is 0 Å². The van der Waals surface area contributed by atoms with E-state index in [9.17, 15) is 9.59 Å². The molecule has 178 valence electrons. The van der Waals surface area contributed by atoms with E-state index in [2.05, 4.69) is 39.8 Å². The van der Waals surface area contributed by atoms with Crippen molar-refractivity contribution in [2.24, 2.45) is 28.6 Å². The van der Waals surface area contributed by atoms with E-state index in [1.54, 1.807) is 11.8 Å². The highest BCUT2D eigenvalue weighted by Crippen LogP contribution is 2.61. The topological polar surface area (TPSA) is 46.6 Å². The van der Waals surface area contributed by atoms with Crippen molar-refractivity contribution in [1.29, 1.82) is 0 Å². The summed E-state index contributed by atoms with van der Waals surface area (Å²) < 4.78 is 6.19. The highest BCUT2D eigenvalue weighted by Gasteiger charge is 2.58. The Balaban J connectivity index is 1.58. The van der Waals surface area contributed by atoms with Crippen LogP contribution in [0.15, 0.2) is 0 Å². The Bertz CT molecular complexity index is 634. The van der Waals surface area contributed by atoms with Gasteiger partial charge in [0.15, 0.2) is 0 Å². The van der Waals surface area contributed by atoms with Gasteiger partial charge in [-0.2, -0.15) is 11.8 Å². The maximum Gasteiger partial charge on any atom is 0.316 e. The number of esters is 1. The van der Waals surface area contributed by atoms with Crippen LogP contribution in [-0.2, 0) is 14.3 Å². The van der Waals surface area contributed by atoms with E-state index in [0.717, 1.165) is 50.8 Å². The average Bonchev–Trinajstić information content (AvgIpc) is 3.02. The van der Waals surface area contributed by atoms with Gasteiger partial charge in [-0.1, -0.05) is 33.6 Å². The average molecular weight is 452 g/mol. The van der Waals surface area contributed by atoms with Crippen LogP contribution in [0.4, 0.5) is 0 Å². The molecule has 3 saturated carbocycles. The van der Waals surface area contributed by atoms with E-state index in [0.29, 0.717) is 17.5 Å². The van der Waals surface area contributed by atoms with Gasteiger partial charge in [0.1, 0.15) is 11.9 Å². The Labute approximate surface area is 194 Å². The molecule has 0 aromatic carbocycles. The molecular formula is C26H45NO3S. The zero-order valence-electron chi connectivity index (χ0n) is 20.6. The maximum atomic E-state index is 13.0. The number of ketones is 1. The molecule has 0 spiro atoms. The molecule has 3 rings (SSSR count). The summed E-state index contributed by atoms with van der Waals surface area (Å²) in [7, 11) is 4.22. The minimum atomic E-state index is -0.0994. The van der Waals surface area contributed by atoms with Crippen molar-refractivity contribution in [1.82, 2.24) is 4.90 Å². The number of ether oxygens (including phenoxy) is 1. The summed E-state index contributed by atoms with van der Waals surface area (Å²) in [6.45, 7) is 8.16. The lowest BCUT2D eigenvalue weighted by Crippen LogP contribution is -2.50. The maximum absolute atomic E-state index is 13.0. The first-order valence-corrected chi connectivity index (χ1v) is 13.7. The molecule has 0 saturated heterocycles. The van der Waals surface area contributed by atoms with Crippen molar-refractivity contribution < 1.29 is 14.3 Å². The molecule has 0 N–H and O–H groups in total. The SMILES string of the molecule is C[C@H]1CC23CCCC(C2C(=O)CC3)[C@H](OC(=O)CSCCCCCN(C)C)CC1(C)C. The second kappa shape index (κ2) is 10.6. The van der Waals surface area contributed by atoms with Gasteiger partial charge >= 0.3 is 5.97 Å². The number of rotatable bonds is 9. The van der Waals surface area contributed by atoms with Crippen LogP contribution in [0.2, 0.25) is 0 Å². The quantitative estimate of drug-likeness (QED) is 0.338. The van der Waals surface area contributed by atoms with Crippen molar-refractivity contribution >= 4 is 23.5 Å². The number of unbranched alkanes of at least 4 members (excludes halogenated alkanes) is 2. The molecule has 0 aliphatic heterocycles. The zero-order chi connectivity index (χ0) is 22.6. The van der Waals surface area contributed by atoms with E-state index < -0.39 is 0 Å².